The first-order valence-electron chi connectivity index (χ1n) is 15.1. The van der Waals surface area contributed by atoms with Crippen molar-refractivity contribution in [2.24, 2.45) is 0 Å². The lowest BCUT2D eigenvalue weighted by Crippen LogP contribution is -2.54. The molecule has 4 aliphatic heterocycles. The predicted octanol–water partition coefficient (Wildman–Crippen LogP) is 2.15. The van der Waals surface area contributed by atoms with Crippen LogP contribution in [-0.4, -0.2) is 98.1 Å². The van der Waals surface area contributed by atoms with Gasteiger partial charge in [0.15, 0.2) is 0 Å². The summed E-state index contributed by atoms with van der Waals surface area (Å²) in [5.41, 5.74) is -0.332. The number of fused-ring (bicyclic) bond motifs is 2. The van der Waals surface area contributed by atoms with Crippen molar-refractivity contribution in [2.75, 3.05) is 53.5 Å². The molecule has 4 heterocycles. The van der Waals surface area contributed by atoms with E-state index in [9.17, 15) is 19.2 Å². The van der Waals surface area contributed by atoms with Gasteiger partial charge in [-0.2, -0.15) is 0 Å². The minimum absolute atomic E-state index is 0.0636. The highest BCUT2D eigenvalue weighted by atomic mass is 16.5. The van der Waals surface area contributed by atoms with Gasteiger partial charge in [0.1, 0.15) is 34.2 Å². The normalized spacial score (nSPS) is 20.1. The van der Waals surface area contributed by atoms with Gasteiger partial charge in [-0.05, 0) is 36.4 Å². The number of amides is 4. The van der Waals surface area contributed by atoms with E-state index in [2.05, 4.69) is 10.6 Å². The molecule has 0 aliphatic carbocycles. The summed E-state index contributed by atoms with van der Waals surface area (Å²) in [7, 11) is 3.10. The minimum Gasteiger partial charge on any atom is -0.497 e. The molecule has 2 saturated heterocycles. The Morgan fingerprint density at radius 3 is 1.45 bits per heavy atom. The maximum absolute atomic E-state index is 13.1. The van der Waals surface area contributed by atoms with Crippen LogP contribution in [-0.2, 0) is 9.59 Å². The Morgan fingerprint density at radius 2 is 1.09 bits per heavy atom. The highest BCUT2D eigenvalue weighted by Crippen LogP contribution is 2.36. The molecule has 0 atom stereocenters. The van der Waals surface area contributed by atoms with Gasteiger partial charge in [-0.3, -0.25) is 19.2 Å². The standard InChI is InChI=1S/C32H38N4O8/c1-41-21-3-5-25-23(17-21)29(39)33-19-31(43-25)9-13-35(14-10-31)27(37)7-8-28(38)36-15-11-32(12-16-36)20-34-30(40)24-18-22(42-2)4-6-26(24)44-32/h3-6,17-18H,7-16,19-20H2,1-2H3,(H,33,39)(H,34,40). The largest absolute Gasteiger partial charge is 0.497 e. The number of benzene rings is 2. The second-order valence-electron chi connectivity index (χ2n) is 11.9. The number of carbonyl (C=O) groups excluding carboxylic acids is 4. The van der Waals surface area contributed by atoms with Gasteiger partial charge >= 0.3 is 0 Å². The molecule has 2 spiro atoms. The average molecular weight is 607 g/mol. The summed E-state index contributed by atoms with van der Waals surface area (Å²) in [6.07, 6.45) is 2.54. The fourth-order valence-electron chi connectivity index (χ4n) is 6.43. The monoisotopic (exact) mass is 606 g/mol. The molecule has 44 heavy (non-hydrogen) atoms. The fraction of sp³-hybridized carbons (Fsp3) is 0.500. The first-order chi connectivity index (χ1) is 21.2. The van der Waals surface area contributed by atoms with Crippen molar-refractivity contribution in [3.63, 3.8) is 0 Å². The quantitative estimate of drug-likeness (QED) is 0.529. The van der Waals surface area contributed by atoms with E-state index in [-0.39, 0.29) is 36.5 Å². The second-order valence-corrected chi connectivity index (χ2v) is 11.9. The first-order valence-corrected chi connectivity index (χ1v) is 15.1. The van der Waals surface area contributed by atoms with Gasteiger partial charge in [0.25, 0.3) is 11.8 Å². The maximum Gasteiger partial charge on any atom is 0.255 e. The Labute approximate surface area is 255 Å². The number of carbonyl (C=O) groups is 4. The highest BCUT2D eigenvalue weighted by molar-refractivity contribution is 5.98. The van der Waals surface area contributed by atoms with Crippen molar-refractivity contribution in [2.45, 2.75) is 49.7 Å². The van der Waals surface area contributed by atoms with E-state index in [1.807, 2.05) is 0 Å². The zero-order valence-corrected chi connectivity index (χ0v) is 25.1. The Balaban J connectivity index is 0.986. The van der Waals surface area contributed by atoms with Gasteiger partial charge in [0.2, 0.25) is 11.8 Å². The third-order valence-electron chi connectivity index (χ3n) is 9.27. The lowest BCUT2D eigenvalue weighted by molar-refractivity contribution is -0.140. The molecule has 234 valence electrons. The Kier molecular flexibility index (Phi) is 8.00. The van der Waals surface area contributed by atoms with Crippen molar-refractivity contribution in [1.29, 1.82) is 0 Å². The number of methoxy groups -OCH3 is 2. The molecule has 12 heteroatoms. The van der Waals surface area contributed by atoms with E-state index in [1.165, 1.54) is 0 Å². The van der Waals surface area contributed by atoms with E-state index in [1.54, 1.807) is 60.4 Å². The zero-order valence-electron chi connectivity index (χ0n) is 25.1. The van der Waals surface area contributed by atoms with Gasteiger partial charge in [0, 0.05) is 64.7 Å². The molecule has 2 N–H and O–H groups in total. The lowest BCUT2D eigenvalue weighted by atomic mass is 9.90. The molecule has 0 radical (unpaired) electrons. The average Bonchev–Trinajstić information content (AvgIpc) is 3.27. The third kappa shape index (κ3) is 5.85. The summed E-state index contributed by atoms with van der Waals surface area (Å²) in [6, 6.07) is 10.4. The Hall–Kier alpha value is -4.48. The molecule has 0 bridgehead atoms. The third-order valence-corrected chi connectivity index (χ3v) is 9.27. The molecule has 4 aliphatic rings. The van der Waals surface area contributed by atoms with Gasteiger partial charge in [-0.15, -0.1) is 0 Å². The Bertz CT molecular complexity index is 1350. The summed E-state index contributed by atoms with van der Waals surface area (Å²) in [5, 5.41) is 5.92. The molecule has 2 aromatic rings. The molecular weight excluding hydrogens is 568 g/mol. The smallest absolute Gasteiger partial charge is 0.255 e. The van der Waals surface area contributed by atoms with Crippen LogP contribution >= 0.6 is 0 Å². The van der Waals surface area contributed by atoms with Crippen molar-refractivity contribution >= 4 is 23.6 Å². The van der Waals surface area contributed by atoms with Crippen LogP contribution in [0.15, 0.2) is 36.4 Å². The van der Waals surface area contributed by atoms with Crippen LogP contribution in [0.1, 0.15) is 59.2 Å². The van der Waals surface area contributed by atoms with Crippen LogP contribution < -0.4 is 29.6 Å². The van der Waals surface area contributed by atoms with E-state index in [0.717, 1.165) is 0 Å². The van der Waals surface area contributed by atoms with Crippen molar-refractivity contribution in [3.8, 4) is 23.0 Å². The van der Waals surface area contributed by atoms with Crippen LogP contribution in [0.2, 0.25) is 0 Å². The minimum atomic E-state index is -0.599. The number of piperidine rings is 2. The molecular formula is C32H38N4O8. The molecule has 0 saturated carbocycles. The van der Waals surface area contributed by atoms with Crippen molar-refractivity contribution in [3.05, 3.63) is 47.5 Å². The molecule has 6 rings (SSSR count). The number of likely N-dealkylation sites (tertiary alicyclic amines) is 2. The number of nitrogens with zero attached hydrogens (tertiary/aromatic N) is 2. The number of hydrogen-bond donors (Lipinski definition) is 2. The van der Waals surface area contributed by atoms with Crippen molar-refractivity contribution < 1.29 is 38.1 Å². The van der Waals surface area contributed by atoms with Crippen LogP contribution in [0.5, 0.6) is 23.0 Å². The SMILES string of the molecule is COc1ccc2c(c1)C(=O)NCC1(CCN(C(=O)CCC(=O)N3CCC4(CC3)CNC(=O)c3cc(OC)ccc3O4)CC1)O2. The number of ether oxygens (including phenoxy) is 4. The van der Waals surface area contributed by atoms with Crippen molar-refractivity contribution in [1.82, 2.24) is 20.4 Å². The van der Waals surface area contributed by atoms with E-state index >= 15 is 0 Å². The van der Waals surface area contributed by atoms with E-state index in [4.69, 9.17) is 18.9 Å². The summed E-state index contributed by atoms with van der Waals surface area (Å²) in [6.45, 7) is 2.64. The van der Waals surface area contributed by atoms with E-state index < -0.39 is 11.2 Å². The fourth-order valence-corrected chi connectivity index (χ4v) is 6.43. The molecule has 2 aromatic carbocycles. The van der Waals surface area contributed by atoms with Crippen LogP contribution in [0.4, 0.5) is 0 Å². The van der Waals surface area contributed by atoms with Crippen LogP contribution in [0.3, 0.4) is 0 Å². The van der Waals surface area contributed by atoms with Gasteiger partial charge < -0.3 is 39.4 Å². The first kappa shape index (κ1) is 29.6. The van der Waals surface area contributed by atoms with Crippen LogP contribution in [0, 0.1) is 0 Å². The van der Waals surface area contributed by atoms with Gasteiger partial charge in [0.05, 0.1) is 38.4 Å². The number of rotatable bonds is 5. The lowest BCUT2D eigenvalue weighted by Gasteiger charge is -2.41. The van der Waals surface area contributed by atoms with Gasteiger partial charge in [-0.1, -0.05) is 0 Å². The molecule has 2 fully saturated rings. The number of nitrogens with one attached hydrogen (secondary N) is 2. The second kappa shape index (κ2) is 11.9. The zero-order chi connectivity index (χ0) is 30.9. The van der Waals surface area contributed by atoms with Crippen LogP contribution in [0.25, 0.3) is 0 Å². The summed E-state index contributed by atoms with van der Waals surface area (Å²) >= 11 is 0. The Morgan fingerprint density at radius 1 is 0.705 bits per heavy atom. The highest BCUT2D eigenvalue weighted by Gasteiger charge is 2.43. The molecule has 12 nitrogen and oxygen atoms in total. The topological polar surface area (TPSA) is 136 Å². The maximum atomic E-state index is 13.1. The molecule has 4 amide bonds. The number of hydrogen-bond acceptors (Lipinski definition) is 8. The molecule has 0 aromatic heterocycles. The summed E-state index contributed by atoms with van der Waals surface area (Å²) < 4.78 is 23.2. The predicted molar refractivity (Wildman–Crippen MR) is 158 cm³/mol. The molecule has 0 unspecified atom stereocenters. The van der Waals surface area contributed by atoms with Gasteiger partial charge in [-0.25, -0.2) is 0 Å². The summed E-state index contributed by atoms with van der Waals surface area (Å²) in [5.74, 6) is 1.63. The van der Waals surface area contributed by atoms with E-state index in [0.29, 0.717) is 99.1 Å². The summed E-state index contributed by atoms with van der Waals surface area (Å²) in [4.78, 5) is 55.1.